The van der Waals surface area contributed by atoms with Gasteiger partial charge in [-0.1, -0.05) is 18.2 Å². The Labute approximate surface area is 132 Å². The van der Waals surface area contributed by atoms with Crippen LogP contribution in [0.15, 0.2) is 47.5 Å². The fraction of sp³-hybridized carbons (Fsp3) is 0.0667. The van der Waals surface area contributed by atoms with E-state index in [0.29, 0.717) is 11.2 Å². The smallest absolute Gasteiger partial charge is 0.352 e. The number of carbonyl (C=O) groups is 1. The zero-order valence-electron chi connectivity index (χ0n) is 12.1. The zero-order valence-corrected chi connectivity index (χ0v) is 12.9. The van der Waals surface area contributed by atoms with Gasteiger partial charge in [-0.05, 0) is 25.1 Å². The number of aromatic amines is 1. The van der Waals surface area contributed by atoms with Crippen LogP contribution >= 0.6 is 0 Å². The van der Waals surface area contributed by atoms with Crippen LogP contribution in [0.3, 0.4) is 0 Å². The summed E-state index contributed by atoms with van der Waals surface area (Å²) in [5.74, 6) is -1.23. The van der Waals surface area contributed by atoms with Crippen LogP contribution in [0.2, 0.25) is 0 Å². The minimum Gasteiger partial charge on any atom is -0.477 e. The van der Waals surface area contributed by atoms with E-state index in [-0.39, 0.29) is 10.6 Å². The summed E-state index contributed by atoms with van der Waals surface area (Å²) in [4.78, 5) is 17.5. The lowest BCUT2D eigenvalue weighted by molar-refractivity contribution is 0.0691. The SMILES string of the molecule is Cc1ccc2cccc(NS(=O)(=O)c3c[nH]c(C(=O)O)c3)c2n1. The normalized spacial score (nSPS) is 11.5. The Hall–Kier alpha value is -2.87. The van der Waals surface area contributed by atoms with E-state index in [9.17, 15) is 13.2 Å². The van der Waals surface area contributed by atoms with Crippen LogP contribution in [0.1, 0.15) is 16.2 Å². The van der Waals surface area contributed by atoms with E-state index in [1.165, 1.54) is 0 Å². The van der Waals surface area contributed by atoms with Crippen molar-refractivity contribution in [2.24, 2.45) is 0 Å². The first kappa shape index (κ1) is 15.0. The van der Waals surface area contributed by atoms with Gasteiger partial charge in [-0.15, -0.1) is 0 Å². The minimum absolute atomic E-state index is 0.153. The molecule has 0 atom stereocenters. The molecule has 0 aliphatic carbocycles. The fourth-order valence-electron chi connectivity index (χ4n) is 2.18. The summed E-state index contributed by atoms with van der Waals surface area (Å²) in [5, 5.41) is 9.67. The monoisotopic (exact) mass is 331 g/mol. The van der Waals surface area contributed by atoms with E-state index in [0.717, 1.165) is 23.3 Å². The molecule has 0 fully saturated rings. The number of aromatic carboxylic acids is 1. The van der Waals surface area contributed by atoms with E-state index >= 15 is 0 Å². The number of hydrogen-bond acceptors (Lipinski definition) is 4. The number of aromatic nitrogens is 2. The average Bonchev–Trinajstić information content (AvgIpc) is 2.98. The zero-order chi connectivity index (χ0) is 16.6. The van der Waals surface area contributed by atoms with E-state index < -0.39 is 16.0 Å². The molecule has 8 heteroatoms. The molecule has 118 valence electrons. The minimum atomic E-state index is -3.91. The second-order valence-electron chi connectivity index (χ2n) is 4.99. The van der Waals surface area contributed by atoms with Crippen molar-refractivity contribution in [1.29, 1.82) is 0 Å². The van der Waals surface area contributed by atoms with E-state index in [1.54, 1.807) is 12.1 Å². The van der Waals surface area contributed by atoms with Gasteiger partial charge in [0.15, 0.2) is 0 Å². The Morgan fingerprint density at radius 3 is 2.74 bits per heavy atom. The summed E-state index contributed by atoms with van der Waals surface area (Å²) < 4.78 is 27.3. The summed E-state index contributed by atoms with van der Waals surface area (Å²) in [7, 11) is -3.91. The third-order valence-electron chi connectivity index (χ3n) is 3.30. The van der Waals surface area contributed by atoms with Crippen LogP contribution in [-0.2, 0) is 10.0 Å². The van der Waals surface area contributed by atoms with Crippen molar-refractivity contribution in [2.45, 2.75) is 11.8 Å². The Balaban J connectivity index is 2.03. The molecule has 7 nitrogen and oxygen atoms in total. The summed E-state index contributed by atoms with van der Waals surface area (Å²) in [5.41, 5.74) is 1.44. The van der Waals surface area contributed by atoms with Gasteiger partial charge < -0.3 is 10.1 Å². The van der Waals surface area contributed by atoms with E-state index in [4.69, 9.17) is 5.11 Å². The highest BCUT2D eigenvalue weighted by Gasteiger charge is 2.19. The topological polar surface area (TPSA) is 112 Å². The predicted molar refractivity (Wildman–Crippen MR) is 85.0 cm³/mol. The van der Waals surface area contributed by atoms with Crippen molar-refractivity contribution in [1.82, 2.24) is 9.97 Å². The second-order valence-corrected chi connectivity index (χ2v) is 6.67. The molecule has 0 saturated heterocycles. The van der Waals surface area contributed by atoms with Crippen molar-refractivity contribution in [3.8, 4) is 0 Å². The number of pyridine rings is 1. The van der Waals surface area contributed by atoms with Gasteiger partial charge in [0, 0.05) is 17.3 Å². The number of H-pyrrole nitrogens is 1. The standard InChI is InChI=1S/C15H13N3O4S/c1-9-5-6-10-3-2-4-12(14(10)17-9)18-23(21,22)11-7-13(15(19)20)16-8-11/h2-8,16,18H,1H3,(H,19,20). The quantitative estimate of drug-likeness (QED) is 0.679. The van der Waals surface area contributed by atoms with Gasteiger partial charge in [0.2, 0.25) is 0 Å². The second kappa shape index (κ2) is 5.40. The van der Waals surface area contributed by atoms with Gasteiger partial charge in [0.1, 0.15) is 10.6 Å². The molecule has 0 aliphatic heterocycles. The Kier molecular flexibility index (Phi) is 3.53. The molecular formula is C15H13N3O4S. The molecule has 0 bridgehead atoms. The number of fused-ring (bicyclic) bond motifs is 1. The third kappa shape index (κ3) is 2.88. The molecule has 0 saturated carbocycles. The van der Waals surface area contributed by atoms with Crippen LogP contribution in [0.5, 0.6) is 0 Å². The molecule has 2 aromatic heterocycles. The van der Waals surface area contributed by atoms with E-state index in [2.05, 4.69) is 14.7 Å². The maximum Gasteiger partial charge on any atom is 0.352 e. The van der Waals surface area contributed by atoms with Crippen molar-refractivity contribution < 1.29 is 18.3 Å². The third-order valence-corrected chi connectivity index (χ3v) is 4.65. The number of nitrogens with zero attached hydrogens (tertiary/aromatic N) is 1. The van der Waals surface area contributed by atoms with Gasteiger partial charge in [0.05, 0.1) is 11.2 Å². The van der Waals surface area contributed by atoms with Crippen LogP contribution in [0.25, 0.3) is 10.9 Å². The molecule has 3 N–H and O–H groups in total. The van der Waals surface area contributed by atoms with Crippen LogP contribution < -0.4 is 4.72 Å². The molecule has 0 unspecified atom stereocenters. The molecule has 2 heterocycles. The van der Waals surface area contributed by atoms with Gasteiger partial charge in [-0.2, -0.15) is 0 Å². The molecular weight excluding hydrogens is 318 g/mol. The molecule has 23 heavy (non-hydrogen) atoms. The van der Waals surface area contributed by atoms with Gasteiger partial charge in [0.25, 0.3) is 10.0 Å². The summed E-state index contributed by atoms with van der Waals surface area (Å²) >= 11 is 0. The number of hydrogen-bond donors (Lipinski definition) is 3. The van der Waals surface area contributed by atoms with Crippen molar-refractivity contribution in [3.63, 3.8) is 0 Å². The lowest BCUT2D eigenvalue weighted by atomic mass is 10.2. The lowest BCUT2D eigenvalue weighted by Crippen LogP contribution is -2.12. The highest BCUT2D eigenvalue weighted by molar-refractivity contribution is 7.92. The number of carboxylic acid groups (broad SMARTS) is 1. The van der Waals surface area contributed by atoms with Crippen LogP contribution in [-0.4, -0.2) is 29.5 Å². The lowest BCUT2D eigenvalue weighted by Gasteiger charge is -2.09. The molecule has 3 aromatic rings. The molecule has 0 radical (unpaired) electrons. The maximum atomic E-state index is 12.4. The summed E-state index contributed by atoms with van der Waals surface area (Å²) in [6, 6.07) is 9.92. The molecule has 0 spiro atoms. The van der Waals surface area contributed by atoms with Gasteiger partial charge >= 0.3 is 5.97 Å². The Bertz CT molecular complexity index is 1010. The number of aryl methyl sites for hydroxylation is 1. The fourth-order valence-corrected chi connectivity index (χ4v) is 3.24. The summed E-state index contributed by atoms with van der Waals surface area (Å²) in [6.45, 7) is 1.82. The molecule has 0 amide bonds. The largest absolute Gasteiger partial charge is 0.477 e. The maximum absolute atomic E-state index is 12.4. The molecule has 1 aromatic carbocycles. The number of benzene rings is 1. The molecule has 3 rings (SSSR count). The first-order valence-electron chi connectivity index (χ1n) is 6.68. The number of sulfonamides is 1. The average molecular weight is 331 g/mol. The Morgan fingerprint density at radius 1 is 1.26 bits per heavy atom. The van der Waals surface area contributed by atoms with Crippen molar-refractivity contribution >= 4 is 32.6 Å². The summed E-state index contributed by atoms with van der Waals surface area (Å²) in [6.07, 6.45) is 1.13. The molecule has 0 aliphatic rings. The van der Waals surface area contributed by atoms with Crippen molar-refractivity contribution in [3.05, 3.63) is 54.0 Å². The van der Waals surface area contributed by atoms with E-state index in [1.807, 2.05) is 25.1 Å². The van der Waals surface area contributed by atoms with Crippen LogP contribution in [0, 0.1) is 6.92 Å². The number of carboxylic acids is 1. The first-order chi connectivity index (χ1) is 10.9. The highest BCUT2D eigenvalue weighted by Crippen LogP contribution is 2.24. The van der Waals surface area contributed by atoms with Gasteiger partial charge in [-0.3, -0.25) is 9.71 Å². The first-order valence-corrected chi connectivity index (χ1v) is 8.16. The van der Waals surface area contributed by atoms with Gasteiger partial charge in [-0.25, -0.2) is 13.2 Å². The highest BCUT2D eigenvalue weighted by atomic mass is 32.2. The number of nitrogens with one attached hydrogen (secondary N) is 2. The number of anilines is 1. The number of rotatable bonds is 4. The Morgan fingerprint density at radius 2 is 2.04 bits per heavy atom. The number of para-hydroxylation sites is 1. The van der Waals surface area contributed by atoms with Crippen LogP contribution in [0.4, 0.5) is 5.69 Å². The van der Waals surface area contributed by atoms with Crippen molar-refractivity contribution in [2.75, 3.05) is 4.72 Å². The predicted octanol–water partition coefficient (Wildman–Crippen LogP) is 2.37.